The summed E-state index contributed by atoms with van der Waals surface area (Å²) in [5.41, 5.74) is 6.70. The van der Waals surface area contributed by atoms with Crippen LogP contribution in [0.1, 0.15) is 24.5 Å². The molecule has 1 fully saturated rings. The van der Waals surface area contributed by atoms with Crippen molar-refractivity contribution in [3.8, 4) is 0 Å². The molecule has 0 amide bonds. The van der Waals surface area contributed by atoms with Crippen molar-refractivity contribution in [1.29, 1.82) is 0 Å². The molecule has 0 spiro atoms. The van der Waals surface area contributed by atoms with Crippen molar-refractivity contribution in [3.63, 3.8) is 0 Å². The molecule has 1 aliphatic heterocycles. The van der Waals surface area contributed by atoms with Crippen LogP contribution in [0.4, 0.5) is 10.1 Å². The van der Waals surface area contributed by atoms with E-state index >= 15 is 0 Å². The van der Waals surface area contributed by atoms with E-state index in [2.05, 4.69) is 0 Å². The Balaban J connectivity index is 2.37. The number of hydrogen-bond donors (Lipinski definition) is 1. The summed E-state index contributed by atoms with van der Waals surface area (Å²) in [7, 11) is 0. The zero-order chi connectivity index (χ0) is 9.26. The minimum atomic E-state index is -0.257. The quantitative estimate of drug-likeness (QED) is 0.674. The molecule has 1 heterocycles. The molecule has 1 atom stereocenters. The molecule has 1 saturated heterocycles. The molecule has 2 nitrogen and oxygen atoms in total. The van der Waals surface area contributed by atoms with E-state index in [0.29, 0.717) is 17.9 Å². The second-order valence-corrected chi connectivity index (χ2v) is 3.24. The number of nitrogen functional groups attached to an aromatic ring is 1. The van der Waals surface area contributed by atoms with E-state index in [9.17, 15) is 4.39 Å². The molecule has 2 N–H and O–H groups in total. The van der Waals surface area contributed by atoms with Crippen molar-refractivity contribution in [1.82, 2.24) is 0 Å². The Morgan fingerprint density at radius 1 is 1.46 bits per heavy atom. The SMILES string of the molecule is Nc1cccc(F)c1C1CCCO1. The Bertz CT molecular complexity index is 288. The zero-order valence-electron chi connectivity index (χ0n) is 7.29. The van der Waals surface area contributed by atoms with Crippen LogP contribution in [0.25, 0.3) is 0 Å². The molecule has 3 heteroatoms. The Kier molecular flexibility index (Phi) is 2.19. The van der Waals surface area contributed by atoms with Gasteiger partial charge in [0.15, 0.2) is 0 Å². The largest absolute Gasteiger partial charge is 0.398 e. The van der Waals surface area contributed by atoms with Gasteiger partial charge in [-0.15, -0.1) is 0 Å². The summed E-state index contributed by atoms with van der Waals surface area (Å²) in [6.07, 6.45) is 1.71. The smallest absolute Gasteiger partial charge is 0.131 e. The van der Waals surface area contributed by atoms with E-state index in [1.807, 2.05) is 0 Å². The number of ether oxygens (including phenoxy) is 1. The van der Waals surface area contributed by atoms with Crippen molar-refractivity contribution >= 4 is 5.69 Å². The molecule has 13 heavy (non-hydrogen) atoms. The molecule has 1 aromatic rings. The molecule has 1 unspecified atom stereocenters. The van der Waals surface area contributed by atoms with Crippen LogP contribution in [0.2, 0.25) is 0 Å². The van der Waals surface area contributed by atoms with Gasteiger partial charge in [-0.2, -0.15) is 0 Å². The normalized spacial score (nSPS) is 22.1. The van der Waals surface area contributed by atoms with Gasteiger partial charge >= 0.3 is 0 Å². The van der Waals surface area contributed by atoms with E-state index < -0.39 is 0 Å². The van der Waals surface area contributed by atoms with Gasteiger partial charge in [0.25, 0.3) is 0 Å². The number of halogens is 1. The fraction of sp³-hybridized carbons (Fsp3) is 0.400. The van der Waals surface area contributed by atoms with Gasteiger partial charge in [0.05, 0.1) is 6.10 Å². The predicted molar refractivity (Wildman–Crippen MR) is 48.7 cm³/mol. The molecule has 70 valence electrons. The summed E-state index contributed by atoms with van der Waals surface area (Å²) in [6.45, 7) is 0.707. The van der Waals surface area contributed by atoms with Crippen molar-refractivity contribution in [3.05, 3.63) is 29.6 Å². The monoisotopic (exact) mass is 181 g/mol. The maximum Gasteiger partial charge on any atom is 0.131 e. The highest BCUT2D eigenvalue weighted by molar-refractivity contribution is 5.48. The lowest BCUT2D eigenvalue weighted by Crippen LogP contribution is -2.04. The molecule has 0 radical (unpaired) electrons. The van der Waals surface area contributed by atoms with Crippen molar-refractivity contribution in [2.45, 2.75) is 18.9 Å². The first kappa shape index (κ1) is 8.51. The third-order valence-electron chi connectivity index (χ3n) is 2.34. The molecule has 2 rings (SSSR count). The summed E-state index contributed by atoms with van der Waals surface area (Å²) < 4.78 is 18.7. The van der Waals surface area contributed by atoms with E-state index in [4.69, 9.17) is 10.5 Å². The minimum Gasteiger partial charge on any atom is -0.398 e. The first-order valence-electron chi connectivity index (χ1n) is 4.44. The Morgan fingerprint density at radius 2 is 2.31 bits per heavy atom. The first-order chi connectivity index (χ1) is 6.29. The first-order valence-corrected chi connectivity index (χ1v) is 4.44. The Labute approximate surface area is 76.5 Å². The molecular weight excluding hydrogens is 169 g/mol. The predicted octanol–water partition coefficient (Wildman–Crippen LogP) is 2.26. The maximum absolute atomic E-state index is 13.3. The second-order valence-electron chi connectivity index (χ2n) is 3.24. The van der Waals surface area contributed by atoms with Crippen LogP contribution in [0.15, 0.2) is 18.2 Å². The lowest BCUT2D eigenvalue weighted by molar-refractivity contribution is 0.109. The van der Waals surface area contributed by atoms with Gasteiger partial charge in [0.2, 0.25) is 0 Å². The zero-order valence-corrected chi connectivity index (χ0v) is 7.29. The van der Waals surface area contributed by atoms with Gasteiger partial charge in [0.1, 0.15) is 5.82 Å². The van der Waals surface area contributed by atoms with Crippen LogP contribution in [-0.2, 0) is 4.74 Å². The van der Waals surface area contributed by atoms with Gasteiger partial charge in [-0.05, 0) is 25.0 Å². The minimum absolute atomic E-state index is 0.138. The fourth-order valence-electron chi connectivity index (χ4n) is 1.70. The number of anilines is 1. The summed E-state index contributed by atoms with van der Waals surface area (Å²) in [6, 6.07) is 4.75. The highest BCUT2D eigenvalue weighted by Gasteiger charge is 2.22. The Hall–Kier alpha value is -1.09. The molecular formula is C10H12FNO. The van der Waals surface area contributed by atoms with Gasteiger partial charge < -0.3 is 10.5 Å². The molecule has 0 saturated carbocycles. The number of benzene rings is 1. The summed E-state index contributed by atoms with van der Waals surface area (Å²) in [5, 5.41) is 0. The van der Waals surface area contributed by atoms with Crippen molar-refractivity contribution < 1.29 is 9.13 Å². The van der Waals surface area contributed by atoms with Crippen LogP contribution < -0.4 is 5.73 Å². The molecule has 0 aromatic heterocycles. The molecule has 0 bridgehead atoms. The average Bonchev–Trinajstić information content (AvgIpc) is 2.57. The van der Waals surface area contributed by atoms with Gasteiger partial charge in [-0.3, -0.25) is 0 Å². The van der Waals surface area contributed by atoms with Gasteiger partial charge in [-0.25, -0.2) is 4.39 Å². The number of hydrogen-bond acceptors (Lipinski definition) is 2. The van der Waals surface area contributed by atoms with E-state index in [1.54, 1.807) is 12.1 Å². The standard InChI is InChI=1S/C10H12FNO/c11-7-3-1-4-8(12)10(7)9-5-2-6-13-9/h1,3-4,9H,2,5-6,12H2. The highest BCUT2D eigenvalue weighted by Crippen LogP contribution is 2.33. The number of nitrogens with two attached hydrogens (primary N) is 1. The summed E-state index contributed by atoms with van der Waals surface area (Å²) >= 11 is 0. The van der Waals surface area contributed by atoms with Crippen LogP contribution in [0.3, 0.4) is 0 Å². The summed E-state index contributed by atoms with van der Waals surface area (Å²) in [4.78, 5) is 0. The Morgan fingerprint density at radius 3 is 2.92 bits per heavy atom. The third-order valence-corrected chi connectivity index (χ3v) is 2.34. The maximum atomic E-state index is 13.3. The highest BCUT2D eigenvalue weighted by atomic mass is 19.1. The van der Waals surface area contributed by atoms with E-state index in [-0.39, 0.29) is 11.9 Å². The van der Waals surface area contributed by atoms with Crippen molar-refractivity contribution in [2.24, 2.45) is 0 Å². The molecule has 1 aliphatic rings. The van der Waals surface area contributed by atoms with Crippen LogP contribution in [0, 0.1) is 5.82 Å². The second kappa shape index (κ2) is 3.34. The molecule has 1 aromatic carbocycles. The van der Waals surface area contributed by atoms with Crippen LogP contribution in [0.5, 0.6) is 0 Å². The van der Waals surface area contributed by atoms with E-state index in [0.717, 1.165) is 12.8 Å². The lowest BCUT2D eigenvalue weighted by atomic mass is 10.0. The average molecular weight is 181 g/mol. The van der Waals surface area contributed by atoms with Crippen LogP contribution in [-0.4, -0.2) is 6.61 Å². The lowest BCUT2D eigenvalue weighted by Gasteiger charge is -2.12. The van der Waals surface area contributed by atoms with Gasteiger partial charge in [-0.1, -0.05) is 6.07 Å². The fourth-order valence-corrected chi connectivity index (χ4v) is 1.70. The topological polar surface area (TPSA) is 35.2 Å². The van der Waals surface area contributed by atoms with E-state index in [1.165, 1.54) is 6.07 Å². The number of rotatable bonds is 1. The van der Waals surface area contributed by atoms with Gasteiger partial charge in [0, 0.05) is 17.9 Å². The van der Waals surface area contributed by atoms with Crippen LogP contribution >= 0.6 is 0 Å². The molecule has 0 aliphatic carbocycles. The third kappa shape index (κ3) is 1.52. The van der Waals surface area contributed by atoms with Crippen molar-refractivity contribution in [2.75, 3.05) is 12.3 Å². The summed E-state index contributed by atoms with van der Waals surface area (Å²) in [5.74, 6) is -0.257.